The molecular weight excluding hydrogens is 194 g/mol. The van der Waals surface area contributed by atoms with Crippen LogP contribution in [0, 0.1) is 11.8 Å². The Morgan fingerprint density at radius 2 is 2.27 bits per heavy atom. The van der Waals surface area contributed by atoms with Crippen LogP contribution in [0.25, 0.3) is 0 Å². The van der Waals surface area contributed by atoms with Gasteiger partial charge < -0.3 is 9.47 Å². The van der Waals surface area contributed by atoms with Crippen molar-refractivity contribution < 1.29 is 14.3 Å². The summed E-state index contributed by atoms with van der Waals surface area (Å²) in [6, 6.07) is 3.28. The zero-order valence-corrected chi connectivity index (χ0v) is 8.61. The Kier molecular flexibility index (Phi) is 4.32. The molecule has 0 bridgehead atoms. The first-order valence-corrected chi connectivity index (χ1v) is 4.30. The zero-order chi connectivity index (χ0) is 11.1. The molecule has 4 heteroatoms. The van der Waals surface area contributed by atoms with Crippen molar-refractivity contribution in [3.63, 3.8) is 0 Å². The predicted molar refractivity (Wildman–Crippen MR) is 54.3 cm³/mol. The molecule has 78 valence electrons. The van der Waals surface area contributed by atoms with Crippen LogP contribution in [-0.4, -0.2) is 31.8 Å². The molecule has 4 nitrogen and oxygen atoms in total. The monoisotopic (exact) mass is 205 g/mol. The first-order chi connectivity index (χ1) is 7.27. The van der Waals surface area contributed by atoms with Crippen molar-refractivity contribution in [1.29, 1.82) is 0 Å². The highest BCUT2D eigenvalue weighted by atomic mass is 16.5. The first kappa shape index (κ1) is 11.2. The van der Waals surface area contributed by atoms with Crippen LogP contribution in [0.5, 0.6) is 0 Å². The second kappa shape index (κ2) is 5.78. The lowest BCUT2D eigenvalue weighted by Gasteiger charge is -1.96. The SMILES string of the molecule is COCC#Cc1ccc(C(=O)OC)nc1. The number of pyridine rings is 1. The van der Waals surface area contributed by atoms with Crippen LogP contribution in [0.1, 0.15) is 16.1 Å². The lowest BCUT2D eigenvalue weighted by molar-refractivity contribution is 0.0594. The van der Waals surface area contributed by atoms with Crippen LogP contribution in [-0.2, 0) is 9.47 Å². The average molecular weight is 205 g/mol. The fourth-order valence-corrected chi connectivity index (χ4v) is 0.903. The highest BCUT2D eigenvalue weighted by molar-refractivity contribution is 5.87. The van der Waals surface area contributed by atoms with E-state index in [0.717, 1.165) is 5.56 Å². The largest absolute Gasteiger partial charge is 0.464 e. The van der Waals surface area contributed by atoms with Crippen molar-refractivity contribution in [2.24, 2.45) is 0 Å². The van der Waals surface area contributed by atoms with Gasteiger partial charge in [0.1, 0.15) is 12.3 Å². The van der Waals surface area contributed by atoms with Crippen LogP contribution in [0.4, 0.5) is 0 Å². The smallest absolute Gasteiger partial charge is 0.356 e. The maximum absolute atomic E-state index is 11.0. The lowest BCUT2D eigenvalue weighted by atomic mass is 10.2. The molecule has 0 unspecified atom stereocenters. The fourth-order valence-electron chi connectivity index (χ4n) is 0.903. The third kappa shape index (κ3) is 3.41. The first-order valence-electron chi connectivity index (χ1n) is 4.30. The molecular formula is C11H11NO3. The predicted octanol–water partition coefficient (Wildman–Crippen LogP) is 0.866. The number of carbonyl (C=O) groups excluding carboxylic acids is 1. The number of nitrogens with zero attached hydrogens (tertiary/aromatic N) is 1. The van der Waals surface area contributed by atoms with Crippen molar-refractivity contribution in [2.75, 3.05) is 20.8 Å². The second-order valence-electron chi connectivity index (χ2n) is 2.66. The molecule has 15 heavy (non-hydrogen) atoms. The highest BCUT2D eigenvalue weighted by Crippen LogP contribution is 2.00. The summed E-state index contributed by atoms with van der Waals surface area (Å²) < 4.78 is 9.29. The number of aromatic nitrogens is 1. The Bertz CT molecular complexity index is 387. The zero-order valence-electron chi connectivity index (χ0n) is 8.61. The quantitative estimate of drug-likeness (QED) is 0.531. The summed E-state index contributed by atoms with van der Waals surface area (Å²) >= 11 is 0. The van der Waals surface area contributed by atoms with Gasteiger partial charge in [-0.05, 0) is 12.1 Å². The molecule has 0 spiro atoms. The van der Waals surface area contributed by atoms with E-state index in [2.05, 4.69) is 21.6 Å². The molecule has 1 aromatic heterocycles. The molecule has 0 amide bonds. The molecule has 1 aromatic rings. The third-order valence-electron chi connectivity index (χ3n) is 1.61. The Labute approximate surface area is 88.2 Å². The molecule has 0 atom stereocenters. The number of rotatable bonds is 2. The number of carbonyl (C=O) groups is 1. The topological polar surface area (TPSA) is 48.4 Å². The molecule has 0 aliphatic carbocycles. The Hall–Kier alpha value is -1.86. The molecule has 0 saturated carbocycles. The van der Waals surface area contributed by atoms with E-state index in [0.29, 0.717) is 6.61 Å². The van der Waals surface area contributed by atoms with Gasteiger partial charge in [-0.3, -0.25) is 0 Å². The highest BCUT2D eigenvalue weighted by Gasteiger charge is 2.04. The molecule has 1 rings (SSSR count). The maximum Gasteiger partial charge on any atom is 0.356 e. The van der Waals surface area contributed by atoms with Crippen molar-refractivity contribution in [2.45, 2.75) is 0 Å². The Morgan fingerprint density at radius 1 is 1.47 bits per heavy atom. The van der Waals surface area contributed by atoms with Gasteiger partial charge in [0.2, 0.25) is 0 Å². The summed E-state index contributed by atoms with van der Waals surface area (Å²) in [7, 11) is 2.89. The summed E-state index contributed by atoms with van der Waals surface area (Å²) in [6.07, 6.45) is 1.52. The summed E-state index contributed by atoms with van der Waals surface area (Å²) in [6.45, 7) is 0.374. The minimum absolute atomic E-state index is 0.273. The van der Waals surface area contributed by atoms with Crippen LogP contribution >= 0.6 is 0 Å². The van der Waals surface area contributed by atoms with E-state index < -0.39 is 5.97 Å². The van der Waals surface area contributed by atoms with Gasteiger partial charge in [-0.25, -0.2) is 9.78 Å². The molecule has 0 N–H and O–H groups in total. The van der Waals surface area contributed by atoms with Crippen molar-refractivity contribution in [3.05, 3.63) is 29.6 Å². The van der Waals surface area contributed by atoms with E-state index in [4.69, 9.17) is 4.74 Å². The summed E-state index contributed by atoms with van der Waals surface area (Å²) in [4.78, 5) is 15.0. The van der Waals surface area contributed by atoms with Crippen LogP contribution < -0.4 is 0 Å². The van der Waals surface area contributed by atoms with Gasteiger partial charge in [0, 0.05) is 18.9 Å². The van der Waals surface area contributed by atoms with Gasteiger partial charge in [-0.2, -0.15) is 0 Å². The maximum atomic E-state index is 11.0. The molecule has 0 saturated heterocycles. The molecule has 1 heterocycles. The van der Waals surface area contributed by atoms with E-state index in [1.54, 1.807) is 19.2 Å². The number of ether oxygens (including phenoxy) is 2. The standard InChI is InChI=1S/C11H11NO3/c1-14-7-3-4-9-5-6-10(12-8-9)11(13)15-2/h5-6,8H,7H2,1-2H3. The number of hydrogen-bond donors (Lipinski definition) is 0. The number of methoxy groups -OCH3 is 2. The van der Waals surface area contributed by atoms with Gasteiger partial charge in [-0.15, -0.1) is 0 Å². The summed E-state index contributed by atoms with van der Waals surface area (Å²) in [5, 5.41) is 0. The molecule has 0 aliphatic rings. The van der Waals surface area contributed by atoms with E-state index in [-0.39, 0.29) is 5.69 Å². The summed E-state index contributed by atoms with van der Waals surface area (Å²) in [5.74, 6) is 5.17. The van der Waals surface area contributed by atoms with Crippen molar-refractivity contribution in [3.8, 4) is 11.8 Å². The second-order valence-corrected chi connectivity index (χ2v) is 2.66. The Morgan fingerprint density at radius 3 is 2.80 bits per heavy atom. The lowest BCUT2D eigenvalue weighted by Crippen LogP contribution is -2.03. The van der Waals surface area contributed by atoms with Crippen LogP contribution in [0.15, 0.2) is 18.3 Å². The van der Waals surface area contributed by atoms with Gasteiger partial charge >= 0.3 is 5.97 Å². The van der Waals surface area contributed by atoms with Crippen molar-refractivity contribution >= 4 is 5.97 Å². The average Bonchev–Trinajstić information content (AvgIpc) is 2.29. The molecule has 0 aliphatic heterocycles. The normalized spacial score (nSPS) is 8.93. The minimum Gasteiger partial charge on any atom is -0.464 e. The minimum atomic E-state index is -0.452. The van der Waals surface area contributed by atoms with Gasteiger partial charge in [0.15, 0.2) is 0 Å². The van der Waals surface area contributed by atoms with Gasteiger partial charge in [-0.1, -0.05) is 11.8 Å². The van der Waals surface area contributed by atoms with Crippen LogP contribution in [0.3, 0.4) is 0 Å². The van der Waals surface area contributed by atoms with E-state index in [1.165, 1.54) is 13.3 Å². The number of esters is 1. The van der Waals surface area contributed by atoms with Crippen LogP contribution in [0.2, 0.25) is 0 Å². The molecule has 0 radical (unpaired) electrons. The van der Waals surface area contributed by atoms with E-state index >= 15 is 0 Å². The van der Waals surface area contributed by atoms with E-state index in [9.17, 15) is 4.79 Å². The van der Waals surface area contributed by atoms with Gasteiger partial charge in [0.25, 0.3) is 0 Å². The number of hydrogen-bond acceptors (Lipinski definition) is 4. The van der Waals surface area contributed by atoms with E-state index in [1.807, 2.05) is 0 Å². The summed E-state index contributed by atoms with van der Waals surface area (Å²) in [5.41, 5.74) is 1.01. The van der Waals surface area contributed by atoms with Gasteiger partial charge in [0.05, 0.1) is 7.11 Å². The molecule has 0 fully saturated rings. The molecule has 0 aromatic carbocycles. The third-order valence-corrected chi connectivity index (χ3v) is 1.61. The fraction of sp³-hybridized carbons (Fsp3) is 0.273. The van der Waals surface area contributed by atoms with Crippen molar-refractivity contribution in [1.82, 2.24) is 4.98 Å². The Balaban J connectivity index is 2.73.